The standard InChI is InChI=1S/C16H21NO3/c1-4-13(3)17(11-16(19)20)15(18)9-8-14-7-5-6-12(2)10-14/h5-10,13H,4,11H2,1-3H3,(H,19,20)/b9-8+. The van der Waals surface area contributed by atoms with E-state index in [2.05, 4.69) is 0 Å². The number of carbonyl (C=O) groups excluding carboxylic acids is 1. The number of carboxylic acid groups (broad SMARTS) is 1. The van der Waals surface area contributed by atoms with Gasteiger partial charge in [0.25, 0.3) is 0 Å². The molecule has 0 radical (unpaired) electrons. The average molecular weight is 275 g/mol. The van der Waals surface area contributed by atoms with Crippen molar-refractivity contribution in [1.29, 1.82) is 0 Å². The number of hydrogen-bond acceptors (Lipinski definition) is 2. The Bertz CT molecular complexity index is 508. The Morgan fingerprint density at radius 2 is 2.10 bits per heavy atom. The van der Waals surface area contributed by atoms with Gasteiger partial charge in [-0.15, -0.1) is 0 Å². The molecule has 0 heterocycles. The zero-order chi connectivity index (χ0) is 15.1. The van der Waals surface area contributed by atoms with Gasteiger partial charge in [-0.1, -0.05) is 36.8 Å². The van der Waals surface area contributed by atoms with E-state index in [1.54, 1.807) is 6.08 Å². The molecule has 108 valence electrons. The van der Waals surface area contributed by atoms with E-state index in [1.807, 2.05) is 45.0 Å². The van der Waals surface area contributed by atoms with Gasteiger partial charge in [-0.25, -0.2) is 0 Å². The Hall–Kier alpha value is -2.10. The lowest BCUT2D eigenvalue weighted by Gasteiger charge is -2.25. The fraction of sp³-hybridized carbons (Fsp3) is 0.375. The number of carboxylic acids is 1. The summed E-state index contributed by atoms with van der Waals surface area (Å²) in [6.45, 7) is 5.49. The summed E-state index contributed by atoms with van der Waals surface area (Å²) in [4.78, 5) is 24.3. The van der Waals surface area contributed by atoms with Gasteiger partial charge in [0.05, 0.1) is 0 Å². The van der Waals surface area contributed by atoms with Crippen LogP contribution in [0.25, 0.3) is 6.08 Å². The molecular formula is C16H21NO3. The fourth-order valence-electron chi connectivity index (χ4n) is 1.85. The van der Waals surface area contributed by atoms with Crippen molar-refractivity contribution < 1.29 is 14.7 Å². The SMILES string of the molecule is CCC(C)N(CC(=O)O)C(=O)/C=C/c1cccc(C)c1. The predicted octanol–water partition coefficient (Wildman–Crippen LogP) is 2.72. The Morgan fingerprint density at radius 3 is 2.65 bits per heavy atom. The number of rotatable bonds is 6. The Labute approximate surface area is 119 Å². The quantitative estimate of drug-likeness (QED) is 0.812. The Kier molecular flexibility index (Phi) is 5.97. The first-order valence-corrected chi connectivity index (χ1v) is 6.71. The molecule has 1 rings (SSSR count). The van der Waals surface area contributed by atoms with Crippen molar-refractivity contribution in [1.82, 2.24) is 4.90 Å². The van der Waals surface area contributed by atoms with Gasteiger partial charge in [0.1, 0.15) is 6.54 Å². The van der Waals surface area contributed by atoms with Crippen LogP contribution < -0.4 is 0 Å². The van der Waals surface area contributed by atoms with Crippen LogP contribution in [0.5, 0.6) is 0 Å². The minimum atomic E-state index is -0.998. The monoisotopic (exact) mass is 275 g/mol. The van der Waals surface area contributed by atoms with E-state index in [4.69, 9.17) is 5.11 Å². The second-order valence-corrected chi connectivity index (χ2v) is 4.86. The molecule has 0 saturated carbocycles. The van der Waals surface area contributed by atoms with Gasteiger partial charge in [0.15, 0.2) is 0 Å². The van der Waals surface area contributed by atoms with E-state index in [0.29, 0.717) is 0 Å². The van der Waals surface area contributed by atoms with Crippen LogP contribution in [0, 0.1) is 6.92 Å². The van der Waals surface area contributed by atoms with Crippen LogP contribution in [-0.2, 0) is 9.59 Å². The third kappa shape index (κ3) is 4.88. The van der Waals surface area contributed by atoms with E-state index >= 15 is 0 Å². The van der Waals surface area contributed by atoms with E-state index in [-0.39, 0.29) is 18.5 Å². The van der Waals surface area contributed by atoms with Crippen molar-refractivity contribution in [3.8, 4) is 0 Å². The molecule has 0 bridgehead atoms. The van der Waals surface area contributed by atoms with Crippen LogP contribution in [0.15, 0.2) is 30.3 Å². The molecule has 4 nitrogen and oxygen atoms in total. The van der Waals surface area contributed by atoms with Gasteiger partial charge in [-0.05, 0) is 31.9 Å². The molecule has 0 spiro atoms. The number of hydrogen-bond donors (Lipinski definition) is 1. The van der Waals surface area contributed by atoms with Gasteiger partial charge in [0, 0.05) is 12.1 Å². The lowest BCUT2D eigenvalue weighted by Crippen LogP contribution is -2.40. The summed E-state index contributed by atoms with van der Waals surface area (Å²) < 4.78 is 0. The zero-order valence-electron chi connectivity index (χ0n) is 12.2. The van der Waals surface area contributed by atoms with Crippen molar-refractivity contribution in [3.05, 3.63) is 41.5 Å². The molecule has 1 amide bonds. The van der Waals surface area contributed by atoms with Gasteiger partial charge >= 0.3 is 5.97 Å². The minimum Gasteiger partial charge on any atom is -0.480 e. The topological polar surface area (TPSA) is 57.6 Å². The number of nitrogens with zero attached hydrogens (tertiary/aromatic N) is 1. The average Bonchev–Trinajstić information content (AvgIpc) is 2.41. The highest BCUT2D eigenvalue weighted by Gasteiger charge is 2.19. The summed E-state index contributed by atoms with van der Waals surface area (Å²) in [5, 5.41) is 8.88. The molecule has 0 aliphatic rings. The van der Waals surface area contributed by atoms with Crippen LogP contribution in [-0.4, -0.2) is 34.5 Å². The van der Waals surface area contributed by atoms with Crippen molar-refractivity contribution in [3.63, 3.8) is 0 Å². The molecule has 0 fully saturated rings. The van der Waals surface area contributed by atoms with E-state index in [0.717, 1.165) is 17.5 Å². The van der Waals surface area contributed by atoms with E-state index in [1.165, 1.54) is 11.0 Å². The number of benzene rings is 1. The Morgan fingerprint density at radius 1 is 1.40 bits per heavy atom. The van der Waals surface area contributed by atoms with Crippen LogP contribution >= 0.6 is 0 Å². The number of amides is 1. The first-order chi connectivity index (χ1) is 9.43. The first kappa shape index (κ1) is 16.0. The molecule has 1 unspecified atom stereocenters. The molecule has 0 aromatic heterocycles. The van der Waals surface area contributed by atoms with Crippen LogP contribution in [0.3, 0.4) is 0 Å². The lowest BCUT2D eigenvalue weighted by molar-refractivity contribution is -0.144. The summed E-state index contributed by atoms with van der Waals surface area (Å²) in [6.07, 6.45) is 3.87. The minimum absolute atomic E-state index is 0.0965. The highest BCUT2D eigenvalue weighted by molar-refractivity contribution is 5.93. The van der Waals surface area contributed by atoms with E-state index < -0.39 is 5.97 Å². The molecule has 4 heteroatoms. The Balaban J connectivity index is 2.82. The second kappa shape index (κ2) is 7.48. The van der Waals surface area contributed by atoms with Gasteiger partial charge in [-0.2, -0.15) is 0 Å². The predicted molar refractivity (Wildman–Crippen MR) is 79.3 cm³/mol. The second-order valence-electron chi connectivity index (χ2n) is 4.86. The third-order valence-electron chi connectivity index (χ3n) is 3.17. The van der Waals surface area contributed by atoms with Crippen LogP contribution in [0.1, 0.15) is 31.4 Å². The number of aliphatic carboxylic acids is 1. The smallest absolute Gasteiger partial charge is 0.323 e. The number of aryl methyl sites for hydroxylation is 1. The van der Waals surface area contributed by atoms with Gasteiger partial charge < -0.3 is 10.0 Å². The molecule has 1 aromatic rings. The summed E-state index contributed by atoms with van der Waals surface area (Å²) >= 11 is 0. The first-order valence-electron chi connectivity index (χ1n) is 6.71. The molecule has 20 heavy (non-hydrogen) atoms. The summed E-state index contributed by atoms with van der Waals surface area (Å²) in [7, 11) is 0. The maximum absolute atomic E-state index is 12.1. The van der Waals surface area contributed by atoms with Crippen molar-refractivity contribution in [2.24, 2.45) is 0 Å². The summed E-state index contributed by atoms with van der Waals surface area (Å²) in [5.41, 5.74) is 2.04. The highest BCUT2D eigenvalue weighted by Crippen LogP contribution is 2.08. The summed E-state index contributed by atoms with van der Waals surface area (Å²) in [5.74, 6) is -1.27. The van der Waals surface area contributed by atoms with Gasteiger partial charge in [-0.3, -0.25) is 9.59 Å². The van der Waals surface area contributed by atoms with Crippen molar-refractivity contribution >= 4 is 18.0 Å². The van der Waals surface area contributed by atoms with Gasteiger partial charge in [0.2, 0.25) is 5.91 Å². The number of carbonyl (C=O) groups is 2. The maximum atomic E-state index is 12.1. The molecule has 1 atom stereocenters. The van der Waals surface area contributed by atoms with Crippen molar-refractivity contribution in [2.75, 3.05) is 6.54 Å². The van der Waals surface area contributed by atoms with Crippen LogP contribution in [0.4, 0.5) is 0 Å². The molecule has 0 aliphatic heterocycles. The molecule has 1 aromatic carbocycles. The normalized spacial score (nSPS) is 12.3. The largest absolute Gasteiger partial charge is 0.480 e. The zero-order valence-corrected chi connectivity index (χ0v) is 12.2. The molecular weight excluding hydrogens is 254 g/mol. The summed E-state index contributed by atoms with van der Waals surface area (Å²) in [6, 6.07) is 7.68. The maximum Gasteiger partial charge on any atom is 0.323 e. The van der Waals surface area contributed by atoms with E-state index in [9.17, 15) is 9.59 Å². The molecule has 0 saturated heterocycles. The van der Waals surface area contributed by atoms with Crippen molar-refractivity contribution in [2.45, 2.75) is 33.2 Å². The fourth-order valence-corrected chi connectivity index (χ4v) is 1.85. The lowest BCUT2D eigenvalue weighted by atomic mass is 10.1. The molecule has 0 aliphatic carbocycles. The molecule has 1 N–H and O–H groups in total. The third-order valence-corrected chi connectivity index (χ3v) is 3.17. The van der Waals surface area contributed by atoms with Crippen LogP contribution in [0.2, 0.25) is 0 Å². The highest BCUT2D eigenvalue weighted by atomic mass is 16.4.